The molecule has 162 valence electrons. The van der Waals surface area contributed by atoms with Crippen LogP contribution in [0.1, 0.15) is 97.5 Å². The van der Waals surface area contributed by atoms with Gasteiger partial charge in [-0.2, -0.15) is 0 Å². The second-order valence-corrected chi connectivity index (χ2v) is 8.88. The number of rotatable bonds is 15. The summed E-state index contributed by atoms with van der Waals surface area (Å²) in [6.45, 7) is 8.90. The molecule has 0 radical (unpaired) electrons. The van der Waals surface area contributed by atoms with E-state index in [1.54, 1.807) is 12.1 Å². The van der Waals surface area contributed by atoms with Crippen LogP contribution in [0.15, 0.2) is 18.2 Å². The van der Waals surface area contributed by atoms with Crippen molar-refractivity contribution in [2.24, 2.45) is 17.8 Å². The van der Waals surface area contributed by atoms with Gasteiger partial charge in [0.1, 0.15) is 11.5 Å². The van der Waals surface area contributed by atoms with Crippen molar-refractivity contribution in [2.45, 2.75) is 104 Å². The second kappa shape index (κ2) is 13.9. The Morgan fingerprint density at radius 3 is 2.18 bits per heavy atom. The van der Waals surface area contributed by atoms with Crippen LogP contribution in [-0.4, -0.2) is 21.4 Å². The maximum atomic E-state index is 10.8. The molecule has 1 rings (SSSR count). The number of hydrogen-bond donors (Lipinski definition) is 3. The summed E-state index contributed by atoms with van der Waals surface area (Å²) in [6.07, 6.45) is 12.2. The Morgan fingerprint density at radius 2 is 1.50 bits per heavy atom. The van der Waals surface area contributed by atoms with Crippen LogP contribution in [0.25, 0.3) is 0 Å². The molecular weight excluding hydrogens is 348 g/mol. The Hall–Kier alpha value is -1.22. The van der Waals surface area contributed by atoms with Gasteiger partial charge in [-0.15, -0.1) is 0 Å². The number of unbranched alkanes of at least 4 members (excludes halogenated alkanes) is 5. The van der Waals surface area contributed by atoms with E-state index >= 15 is 0 Å². The fraction of sp³-hybridized carbons (Fsp3) is 0.760. The van der Waals surface area contributed by atoms with Gasteiger partial charge in [0, 0.05) is 0 Å². The average molecular weight is 393 g/mol. The summed E-state index contributed by atoms with van der Waals surface area (Å²) >= 11 is 0. The van der Waals surface area contributed by atoms with E-state index in [1.807, 2.05) is 0 Å². The Bertz CT molecular complexity index is 529. The molecule has 0 aliphatic carbocycles. The standard InChI is InChI=1S/C25H44O3/c1-5-7-8-9-10-11-13-24(27)21(12-6-2)16-19(3)20(4)17-22-18-23(26)14-15-25(22)28/h14-15,18-21,24,26-28H,5-13,16-17H2,1-4H3. The quantitative estimate of drug-likeness (QED) is 0.226. The highest BCUT2D eigenvalue weighted by Gasteiger charge is 2.24. The van der Waals surface area contributed by atoms with Crippen molar-refractivity contribution in [3.63, 3.8) is 0 Å². The van der Waals surface area contributed by atoms with Gasteiger partial charge < -0.3 is 15.3 Å². The topological polar surface area (TPSA) is 60.7 Å². The van der Waals surface area contributed by atoms with Crippen LogP contribution in [0.5, 0.6) is 11.5 Å². The molecule has 3 N–H and O–H groups in total. The molecule has 0 spiro atoms. The van der Waals surface area contributed by atoms with Crippen molar-refractivity contribution in [1.82, 2.24) is 0 Å². The molecule has 0 amide bonds. The van der Waals surface area contributed by atoms with Gasteiger partial charge in [-0.1, -0.05) is 72.6 Å². The molecule has 0 saturated heterocycles. The summed E-state index contributed by atoms with van der Waals surface area (Å²) in [7, 11) is 0. The molecule has 4 atom stereocenters. The Labute approximate surface area is 173 Å². The number of aliphatic hydroxyl groups excluding tert-OH is 1. The number of hydrogen-bond acceptors (Lipinski definition) is 3. The largest absolute Gasteiger partial charge is 0.508 e. The van der Waals surface area contributed by atoms with Crippen LogP contribution in [0, 0.1) is 17.8 Å². The molecule has 3 heteroatoms. The van der Waals surface area contributed by atoms with Crippen molar-refractivity contribution in [3.05, 3.63) is 23.8 Å². The summed E-state index contributed by atoms with van der Waals surface area (Å²) in [4.78, 5) is 0. The molecule has 4 unspecified atom stereocenters. The second-order valence-electron chi connectivity index (χ2n) is 8.88. The van der Waals surface area contributed by atoms with Gasteiger partial charge in [-0.3, -0.25) is 0 Å². The fourth-order valence-corrected chi connectivity index (χ4v) is 4.20. The lowest BCUT2D eigenvalue weighted by molar-refractivity contribution is 0.0719. The summed E-state index contributed by atoms with van der Waals surface area (Å²) in [5.74, 6) is 1.65. The van der Waals surface area contributed by atoms with Crippen LogP contribution in [0.2, 0.25) is 0 Å². The van der Waals surface area contributed by atoms with Crippen molar-refractivity contribution in [2.75, 3.05) is 0 Å². The van der Waals surface area contributed by atoms with Gasteiger partial charge >= 0.3 is 0 Å². The summed E-state index contributed by atoms with van der Waals surface area (Å²) in [6, 6.07) is 4.74. The minimum atomic E-state index is -0.199. The summed E-state index contributed by atoms with van der Waals surface area (Å²) < 4.78 is 0. The zero-order valence-corrected chi connectivity index (χ0v) is 18.7. The maximum absolute atomic E-state index is 10.8. The van der Waals surface area contributed by atoms with E-state index in [1.165, 1.54) is 38.2 Å². The fourth-order valence-electron chi connectivity index (χ4n) is 4.20. The SMILES string of the molecule is CCCCCCCCC(O)C(CCC)CC(C)C(C)Cc1cc(O)ccc1O. The van der Waals surface area contributed by atoms with E-state index in [-0.39, 0.29) is 17.6 Å². The molecule has 28 heavy (non-hydrogen) atoms. The lowest BCUT2D eigenvalue weighted by Crippen LogP contribution is -2.25. The predicted octanol–water partition coefficient (Wildman–Crippen LogP) is 6.83. The number of phenols is 2. The number of aliphatic hydroxyl groups is 1. The zero-order chi connectivity index (χ0) is 20.9. The molecular formula is C25H44O3. The monoisotopic (exact) mass is 392 g/mol. The third-order valence-electron chi connectivity index (χ3n) is 6.31. The van der Waals surface area contributed by atoms with E-state index < -0.39 is 0 Å². The van der Waals surface area contributed by atoms with Crippen molar-refractivity contribution in [1.29, 1.82) is 0 Å². The van der Waals surface area contributed by atoms with Gasteiger partial charge in [0.05, 0.1) is 6.10 Å². The Balaban J connectivity index is 2.50. The number of phenolic OH excluding ortho intramolecular Hbond substituents is 2. The lowest BCUT2D eigenvalue weighted by atomic mass is 9.79. The first kappa shape index (κ1) is 24.8. The first-order valence-electron chi connectivity index (χ1n) is 11.6. The van der Waals surface area contributed by atoms with Gasteiger partial charge in [0.25, 0.3) is 0 Å². The zero-order valence-electron chi connectivity index (χ0n) is 18.7. The predicted molar refractivity (Wildman–Crippen MR) is 119 cm³/mol. The van der Waals surface area contributed by atoms with Crippen molar-refractivity contribution < 1.29 is 15.3 Å². The summed E-state index contributed by atoms with van der Waals surface area (Å²) in [5, 5.41) is 30.5. The third-order valence-corrected chi connectivity index (χ3v) is 6.31. The molecule has 0 aliphatic rings. The number of aromatic hydroxyl groups is 2. The normalized spacial score (nSPS) is 15.9. The lowest BCUT2D eigenvalue weighted by Gasteiger charge is -2.29. The van der Waals surface area contributed by atoms with Crippen LogP contribution in [0.4, 0.5) is 0 Å². The molecule has 0 heterocycles. The van der Waals surface area contributed by atoms with Gasteiger partial charge in [-0.05, 0) is 67.2 Å². The van der Waals surface area contributed by atoms with Crippen LogP contribution in [-0.2, 0) is 6.42 Å². The molecule has 0 saturated carbocycles. The van der Waals surface area contributed by atoms with Crippen LogP contribution in [0.3, 0.4) is 0 Å². The maximum Gasteiger partial charge on any atom is 0.119 e. The third kappa shape index (κ3) is 9.32. The highest BCUT2D eigenvalue weighted by atomic mass is 16.3. The average Bonchev–Trinajstić information content (AvgIpc) is 2.66. The molecule has 1 aromatic rings. The van der Waals surface area contributed by atoms with Gasteiger partial charge in [0.2, 0.25) is 0 Å². The molecule has 0 fully saturated rings. The van der Waals surface area contributed by atoms with E-state index in [9.17, 15) is 15.3 Å². The molecule has 0 bridgehead atoms. The Morgan fingerprint density at radius 1 is 0.821 bits per heavy atom. The molecule has 1 aromatic carbocycles. The first-order valence-corrected chi connectivity index (χ1v) is 11.6. The van der Waals surface area contributed by atoms with E-state index in [0.29, 0.717) is 17.8 Å². The van der Waals surface area contributed by atoms with E-state index in [2.05, 4.69) is 27.7 Å². The van der Waals surface area contributed by atoms with Crippen LogP contribution >= 0.6 is 0 Å². The highest BCUT2D eigenvalue weighted by molar-refractivity contribution is 5.38. The number of benzene rings is 1. The minimum absolute atomic E-state index is 0.199. The van der Waals surface area contributed by atoms with E-state index in [4.69, 9.17) is 0 Å². The molecule has 0 aromatic heterocycles. The minimum Gasteiger partial charge on any atom is -0.508 e. The van der Waals surface area contributed by atoms with Crippen LogP contribution < -0.4 is 0 Å². The van der Waals surface area contributed by atoms with E-state index in [0.717, 1.165) is 44.1 Å². The van der Waals surface area contributed by atoms with Gasteiger partial charge in [-0.25, -0.2) is 0 Å². The molecule has 3 nitrogen and oxygen atoms in total. The van der Waals surface area contributed by atoms with Gasteiger partial charge in [0.15, 0.2) is 0 Å². The van der Waals surface area contributed by atoms with Crippen molar-refractivity contribution >= 4 is 0 Å². The smallest absolute Gasteiger partial charge is 0.119 e. The highest BCUT2D eigenvalue weighted by Crippen LogP contribution is 2.32. The first-order chi connectivity index (χ1) is 13.4. The van der Waals surface area contributed by atoms with Crippen molar-refractivity contribution in [3.8, 4) is 11.5 Å². The molecule has 0 aliphatic heterocycles. The summed E-state index contributed by atoms with van der Waals surface area (Å²) in [5.41, 5.74) is 0.805. The Kier molecular flexibility index (Phi) is 12.3.